The molecule has 106 valence electrons. The molecule has 0 saturated carbocycles. The van der Waals surface area contributed by atoms with E-state index >= 15 is 0 Å². The quantitative estimate of drug-likeness (QED) is 0.328. The molecule has 0 aliphatic rings. The van der Waals surface area contributed by atoms with Crippen LogP contribution < -0.4 is 0 Å². The Labute approximate surface area is 138 Å². The Morgan fingerprint density at radius 2 is 1.33 bits per heavy atom. The lowest BCUT2D eigenvalue weighted by Crippen LogP contribution is -2.16. The standard InChI is InChI=1S/C10H14Cl6N2/c1-6(2)8(5-10(14,15)16)18-17-7(3)4-9(11,12)13/h6H,4-5H2,1-3H3/b17-7+,18-8+. The van der Waals surface area contributed by atoms with Gasteiger partial charge in [-0.15, -0.1) is 0 Å². The van der Waals surface area contributed by atoms with Gasteiger partial charge in [-0.25, -0.2) is 0 Å². The minimum absolute atomic E-state index is 0.116. The van der Waals surface area contributed by atoms with Crippen molar-refractivity contribution in [1.29, 1.82) is 0 Å². The van der Waals surface area contributed by atoms with E-state index in [1.807, 2.05) is 13.8 Å². The Morgan fingerprint density at radius 1 is 0.889 bits per heavy atom. The van der Waals surface area contributed by atoms with E-state index in [4.69, 9.17) is 69.6 Å². The smallest absolute Gasteiger partial charge is 0.160 e. The van der Waals surface area contributed by atoms with Gasteiger partial charge in [0.05, 0.1) is 0 Å². The molecule has 0 N–H and O–H groups in total. The van der Waals surface area contributed by atoms with Crippen molar-refractivity contribution in [1.82, 2.24) is 0 Å². The summed E-state index contributed by atoms with van der Waals surface area (Å²) in [7, 11) is 0. The third kappa shape index (κ3) is 11.0. The van der Waals surface area contributed by atoms with Crippen LogP contribution in [-0.4, -0.2) is 19.0 Å². The summed E-state index contributed by atoms with van der Waals surface area (Å²) in [6.45, 7) is 5.60. The molecule has 0 aromatic carbocycles. The van der Waals surface area contributed by atoms with E-state index in [0.717, 1.165) is 0 Å². The predicted molar refractivity (Wildman–Crippen MR) is 85.2 cm³/mol. The maximum absolute atomic E-state index is 5.73. The first-order valence-corrected chi connectivity index (χ1v) is 7.41. The van der Waals surface area contributed by atoms with Crippen molar-refractivity contribution < 1.29 is 0 Å². The molecule has 18 heavy (non-hydrogen) atoms. The second-order valence-electron chi connectivity index (χ2n) is 4.17. The first-order chi connectivity index (χ1) is 7.91. The van der Waals surface area contributed by atoms with Gasteiger partial charge in [0.15, 0.2) is 7.59 Å². The third-order valence-corrected chi connectivity index (χ3v) is 2.66. The molecule has 0 aromatic rings. The molecule has 2 nitrogen and oxygen atoms in total. The van der Waals surface area contributed by atoms with E-state index < -0.39 is 7.59 Å². The van der Waals surface area contributed by atoms with Gasteiger partial charge in [-0.1, -0.05) is 83.5 Å². The van der Waals surface area contributed by atoms with E-state index in [9.17, 15) is 0 Å². The molecule has 0 rings (SSSR count). The highest BCUT2D eigenvalue weighted by atomic mass is 35.6. The Kier molecular flexibility index (Phi) is 8.22. The van der Waals surface area contributed by atoms with Crippen molar-refractivity contribution in [2.75, 3.05) is 0 Å². The highest BCUT2D eigenvalue weighted by molar-refractivity contribution is 6.68. The monoisotopic (exact) mass is 372 g/mol. The maximum atomic E-state index is 5.73. The van der Waals surface area contributed by atoms with Crippen LogP contribution in [0.4, 0.5) is 0 Å². The highest BCUT2D eigenvalue weighted by Gasteiger charge is 2.24. The Bertz CT molecular complexity index is 324. The van der Waals surface area contributed by atoms with Gasteiger partial charge < -0.3 is 0 Å². The molecule has 0 saturated heterocycles. The van der Waals surface area contributed by atoms with Gasteiger partial charge in [0.2, 0.25) is 0 Å². The minimum Gasteiger partial charge on any atom is -0.160 e. The van der Waals surface area contributed by atoms with Crippen molar-refractivity contribution in [2.45, 2.75) is 41.2 Å². The summed E-state index contributed by atoms with van der Waals surface area (Å²) in [5, 5.41) is 8.06. The topological polar surface area (TPSA) is 24.7 Å². The van der Waals surface area contributed by atoms with Crippen molar-refractivity contribution in [3.05, 3.63) is 0 Å². The molecular weight excluding hydrogens is 361 g/mol. The predicted octanol–water partition coefficient (Wildman–Crippen LogP) is 5.98. The fourth-order valence-corrected chi connectivity index (χ4v) is 2.03. The van der Waals surface area contributed by atoms with Gasteiger partial charge in [0, 0.05) is 24.3 Å². The fraction of sp³-hybridized carbons (Fsp3) is 0.800. The summed E-state index contributed by atoms with van der Waals surface area (Å²) >= 11 is 34.1. The molecule has 0 heterocycles. The summed E-state index contributed by atoms with van der Waals surface area (Å²) in [4.78, 5) is 0. The van der Waals surface area contributed by atoms with Crippen LogP contribution in [0.1, 0.15) is 33.6 Å². The number of nitrogens with zero attached hydrogens (tertiary/aromatic N) is 2. The molecular formula is C10H14Cl6N2. The zero-order valence-electron chi connectivity index (χ0n) is 10.2. The third-order valence-electron chi connectivity index (χ3n) is 1.85. The molecule has 0 fully saturated rings. The van der Waals surface area contributed by atoms with Gasteiger partial charge in [-0.2, -0.15) is 10.2 Å². The normalized spacial score (nSPS) is 15.4. The van der Waals surface area contributed by atoms with Crippen LogP contribution in [0.5, 0.6) is 0 Å². The van der Waals surface area contributed by atoms with Crippen molar-refractivity contribution >= 4 is 81.0 Å². The van der Waals surface area contributed by atoms with E-state index in [-0.39, 0.29) is 18.8 Å². The van der Waals surface area contributed by atoms with Crippen LogP contribution in [0.2, 0.25) is 0 Å². The van der Waals surface area contributed by atoms with Crippen molar-refractivity contribution in [3.63, 3.8) is 0 Å². The van der Waals surface area contributed by atoms with Gasteiger partial charge in [0.1, 0.15) is 0 Å². The number of alkyl halides is 6. The van der Waals surface area contributed by atoms with Gasteiger partial charge in [-0.3, -0.25) is 0 Å². The van der Waals surface area contributed by atoms with Crippen LogP contribution in [-0.2, 0) is 0 Å². The van der Waals surface area contributed by atoms with E-state index in [1.165, 1.54) is 0 Å². The molecule has 0 radical (unpaired) electrons. The van der Waals surface area contributed by atoms with E-state index in [1.54, 1.807) is 6.92 Å². The van der Waals surface area contributed by atoms with Gasteiger partial charge in [0.25, 0.3) is 0 Å². The molecule has 0 aliphatic carbocycles. The Morgan fingerprint density at radius 3 is 1.67 bits per heavy atom. The summed E-state index contributed by atoms with van der Waals surface area (Å²) < 4.78 is -2.77. The fourth-order valence-electron chi connectivity index (χ4n) is 1.04. The molecule has 0 bridgehead atoms. The summed E-state index contributed by atoms with van der Waals surface area (Å²) in [6, 6.07) is 0. The lowest BCUT2D eigenvalue weighted by molar-refractivity contribution is 0.834. The summed E-state index contributed by atoms with van der Waals surface area (Å²) in [5.74, 6) is 0.116. The molecule has 8 heteroatoms. The lowest BCUT2D eigenvalue weighted by Gasteiger charge is -2.15. The Hall–Kier alpha value is 1.08. The van der Waals surface area contributed by atoms with Crippen molar-refractivity contribution in [3.8, 4) is 0 Å². The lowest BCUT2D eigenvalue weighted by atomic mass is 10.1. The van der Waals surface area contributed by atoms with Crippen LogP contribution in [0.3, 0.4) is 0 Å². The van der Waals surface area contributed by atoms with Crippen LogP contribution in [0.25, 0.3) is 0 Å². The average molecular weight is 375 g/mol. The summed E-state index contributed by atoms with van der Waals surface area (Å²) in [6.07, 6.45) is 0.403. The first-order valence-electron chi connectivity index (χ1n) is 5.14. The zero-order chi connectivity index (χ0) is 14.6. The maximum Gasteiger partial charge on any atom is 0.195 e. The summed E-state index contributed by atoms with van der Waals surface area (Å²) in [5.41, 5.74) is 1.27. The SMILES string of the molecule is C/C(CC(Cl)(Cl)Cl)=N\N=C(/CC(Cl)(Cl)Cl)C(C)C. The van der Waals surface area contributed by atoms with Gasteiger partial charge in [-0.05, 0) is 12.8 Å². The number of hydrogen-bond acceptors (Lipinski definition) is 2. The minimum atomic E-state index is -1.39. The van der Waals surface area contributed by atoms with E-state index in [0.29, 0.717) is 11.4 Å². The van der Waals surface area contributed by atoms with Crippen LogP contribution in [0, 0.1) is 5.92 Å². The molecule has 0 aromatic heterocycles. The number of halogens is 6. The van der Waals surface area contributed by atoms with Gasteiger partial charge >= 0.3 is 0 Å². The van der Waals surface area contributed by atoms with Crippen molar-refractivity contribution in [2.24, 2.45) is 16.1 Å². The second-order valence-corrected chi connectivity index (χ2v) is 9.20. The molecule has 0 unspecified atom stereocenters. The second kappa shape index (κ2) is 7.75. The number of rotatable bonds is 4. The molecule has 0 atom stereocenters. The average Bonchev–Trinajstić information content (AvgIpc) is 2.06. The molecule has 0 aliphatic heterocycles. The van der Waals surface area contributed by atoms with E-state index in [2.05, 4.69) is 10.2 Å². The zero-order valence-corrected chi connectivity index (χ0v) is 14.7. The molecule has 0 spiro atoms. The first kappa shape index (κ1) is 19.1. The van der Waals surface area contributed by atoms with Crippen LogP contribution in [0.15, 0.2) is 10.2 Å². The Balaban J connectivity index is 4.83. The number of hydrogen-bond donors (Lipinski definition) is 0. The highest BCUT2D eigenvalue weighted by Crippen LogP contribution is 2.32. The molecule has 0 amide bonds. The van der Waals surface area contributed by atoms with Crippen LogP contribution >= 0.6 is 69.6 Å². The largest absolute Gasteiger partial charge is 0.195 e.